The van der Waals surface area contributed by atoms with Crippen LogP contribution in [0.25, 0.3) is 11.1 Å². The lowest BCUT2D eigenvalue weighted by molar-refractivity contribution is 0.0734. The van der Waals surface area contributed by atoms with Gasteiger partial charge in [-0.25, -0.2) is 4.79 Å². The first-order valence-corrected chi connectivity index (χ1v) is 12.6. The molecule has 0 aliphatic carbocycles. The molecular weight excluding hydrogens is 452 g/mol. The number of ether oxygens (including phenoxy) is 4. The molecule has 0 aliphatic rings. The topological polar surface area (TPSA) is 54.0 Å². The predicted octanol–water partition coefficient (Wildman–Crippen LogP) is 7.85. The molecule has 0 aliphatic heterocycles. The number of methoxy groups -OCH3 is 1. The van der Waals surface area contributed by atoms with Gasteiger partial charge in [-0.15, -0.1) is 0 Å². The van der Waals surface area contributed by atoms with E-state index in [0.717, 1.165) is 48.5 Å². The van der Waals surface area contributed by atoms with Crippen LogP contribution in [0.3, 0.4) is 0 Å². The van der Waals surface area contributed by atoms with Crippen molar-refractivity contribution >= 4 is 5.97 Å². The Morgan fingerprint density at radius 2 is 1.17 bits per heavy atom. The molecule has 0 amide bonds. The second-order valence-electron chi connectivity index (χ2n) is 8.53. The second-order valence-corrected chi connectivity index (χ2v) is 8.53. The van der Waals surface area contributed by atoms with Crippen LogP contribution in [-0.2, 0) is 4.74 Å². The van der Waals surface area contributed by atoms with Crippen molar-refractivity contribution in [3.8, 4) is 28.4 Å². The summed E-state index contributed by atoms with van der Waals surface area (Å²) in [7, 11) is 1.65. The van der Waals surface area contributed by atoms with Crippen LogP contribution in [0.1, 0.15) is 55.3 Å². The highest BCUT2D eigenvalue weighted by atomic mass is 16.5. The van der Waals surface area contributed by atoms with Gasteiger partial charge in [0.25, 0.3) is 0 Å². The summed E-state index contributed by atoms with van der Waals surface area (Å²) in [6, 6.07) is 22.4. The van der Waals surface area contributed by atoms with Crippen molar-refractivity contribution in [2.24, 2.45) is 0 Å². The quantitative estimate of drug-likeness (QED) is 0.0889. The Kier molecular flexibility index (Phi) is 11.4. The first-order chi connectivity index (χ1) is 17.7. The van der Waals surface area contributed by atoms with Gasteiger partial charge in [-0.2, -0.15) is 0 Å². The number of hydrogen-bond acceptors (Lipinski definition) is 5. The minimum atomic E-state index is -0.394. The van der Waals surface area contributed by atoms with Crippen LogP contribution in [0.4, 0.5) is 0 Å². The molecule has 0 N–H and O–H groups in total. The number of hydrogen-bond donors (Lipinski definition) is 0. The number of carbonyl (C=O) groups excluding carboxylic acids is 1. The van der Waals surface area contributed by atoms with E-state index in [1.54, 1.807) is 31.4 Å². The van der Waals surface area contributed by atoms with Crippen molar-refractivity contribution < 1.29 is 23.7 Å². The average Bonchev–Trinajstić information content (AvgIpc) is 2.92. The molecule has 3 aromatic carbocycles. The van der Waals surface area contributed by atoms with Gasteiger partial charge in [0.05, 0.1) is 32.1 Å². The maximum Gasteiger partial charge on any atom is 0.343 e. The largest absolute Gasteiger partial charge is 0.502 e. The predicted molar refractivity (Wildman–Crippen MR) is 144 cm³/mol. The van der Waals surface area contributed by atoms with Gasteiger partial charge in [0, 0.05) is 0 Å². The van der Waals surface area contributed by atoms with Crippen molar-refractivity contribution in [3.63, 3.8) is 0 Å². The minimum absolute atomic E-state index is 0.394. The number of esters is 1. The smallest absolute Gasteiger partial charge is 0.343 e. The molecule has 5 nitrogen and oxygen atoms in total. The normalized spacial score (nSPS) is 10.5. The number of rotatable bonds is 16. The lowest BCUT2D eigenvalue weighted by Gasteiger charge is -2.09. The fourth-order valence-corrected chi connectivity index (χ4v) is 3.80. The van der Waals surface area contributed by atoms with Crippen molar-refractivity contribution in [1.82, 2.24) is 0 Å². The number of carbonyl (C=O) groups is 1. The molecule has 190 valence electrons. The van der Waals surface area contributed by atoms with Crippen molar-refractivity contribution in [3.05, 3.63) is 91.2 Å². The summed E-state index contributed by atoms with van der Waals surface area (Å²) in [4.78, 5) is 12.5. The van der Waals surface area contributed by atoms with E-state index in [9.17, 15) is 4.79 Å². The fraction of sp³-hybridized carbons (Fsp3) is 0.323. The first kappa shape index (κ1) is 26.9. The van der Waals surface area contributed by atoms with E-state index in [-0.39, 0.29) is 0 Å². The zero-order valence-corrected chi connectivity index (χ0v) is 21.1. The molecule has 0 aromatic heterocycles. The summed E-state index contributed by atoms with van der Waals surface area (Å²) < 4.78 is 21.7. The Morgan fingerprint density at radius 1 is 0.667 bits per heavy atom. The average molecular weight is 489 g/mol. The van der Waals surface area contributed by atoms with E-state index >= 15 is 0 Å². The van der Waals surface area contributed by atoms with Gasteiger partial charge in [-0.3, -0.25) is 0 Å². The van der Waals surface area contributed by atoms with Gasteiger partial charge in [-0.05, 0) is 72.5 Å². The maximum absolute atomic E-state index is 12.5. The zero-order chi connectivity index (χ0) is 25.4. The Morgan fingerprint density at radius 3 is 1.72 bits per heavy atom. The molecule has 0 spiro atoms. The molecule has 36 heavy (non-hydrogen) atoms. The summed E-state index contributed by atoms with van der Waals surface area (Å²) in [6.45, 7) is 4.99. The van der Waals surface area contributed by atoms with Crippen molar-refractivity contribution in [2.75, 3.05) is 20.3 Å². The molecule has 5 heteroatoms. The molecule has 3 aromatic rings. The molecule has 0 unspecified atom stereocenters. The van der Waals surface area contributed by atoms with Crippen LogP contribution in [0, 0.1) is 0 Å². The van der Waals surface area contributed by atoms with E-state index in [4.69, 9.17) is 18.9 Å². The van der Waals surface area contributed by atoms with Crippen molar-refractivity contribution in [2.45, 2.75) is 44.9 Å². The standard InChI is InChI=1S/C31H36O5/c1-3-34-23-9-7-5-4-6-8-10-24-35-29-19-15-27(16-20-29)31(32)36-30-21-13-26(14-22-30)25-11-17-28(33-2)18-12-25/h3,11-22H,1,4-10,23-24H2,2H3. The summed E-state index contributed by atoms with van der Waals surface area (Å²) in [5.41, 5.74) is 2.59. The van der Waals surface area contributed by atoms with E-state index in [2.05, 4.69) is 6.58 Å². The van der Waals surface area contributed by atoms with Crippen LogP contribution < -0.4 is 14.2 Å². The Balaban J connectivity index is 1.34. The van der Waals surface area contributed by atoms with Gasteiger partial charge >= 0.3 is 5.97 Å². The van der Waals surface area contributed by atoms with E-state index in [0.29, 0.717) is 17.9 Å². The van der Waals surface area contributed by atoms with Gasteiger partial charge in [0.15, 0.2) is 0 Å². The number of benzene rings is 3. The first-order valence-electron chi connectivity index (χ1n) is 12.6. The third-order valence-electron chi connectivity index (χ3n) is 5.87. The Hall–Kier alpha value is -3.73. The summed E-state index contributed by atoms with van der Waals surface area (Å²) >= 11 is 0. The SMILES string of the molecule is C=COCCCCCCCCCOc1ccc(C(=O)Oc2ccc(-c3ccc(OC)cc3)cc2)cc1. The highest BCUT2D eigenvalue weighted by molar-refractivity contribution is 5.91. The summed E-state index contributed by atoms with van der Waals surface area (Å²) in [5, 5.41) is 0. The van der Waals surface area contributed by atoms with E-state index in [1.165, 1.54) is 31.9 Å². The lowest BCUT2D eigenvalue weighted by Crippen LogP contribution is -2.08. The van der Waals surface area contributed by atoms with Gasteiger partial charge in [-0.1, -0.05) is 62.9 Å². The molecule has 0 bridgehead atoms. The highest BCUT2D eigenvalue weighted by Crippen LogP contribution is 2.25. The highest BCUT2D eigenvalue weighted by Gasteiger charge is 2.09. The third kappa shape index (κ3) is 9.14. The van der Waals surface area contributed by atoms with Gasteiger partial charge < -0.3 is 18.9 Å². The minimum Gasteiger partial charge on any atom is -0.502 e. The molecule has 0 radical (unpaired) electrons. The molecule has 0 saturated heterocycles. The van der Waals surface area contributed by atoms with Crippen LogP contribution in [-0.4, -0.2) is 26.3 Å². The second kappa shape index (κ2) is 15.3. The molecule has 0 saturated carbocycles. The molecule has 0 heterocycles. The molecular formula is C31H36O5. The maximum atomic E-state index is 12.5. The van der Waals surface area contributed by atoms with Crippen LogP contribution >= 0.6 is 0 Å². The van der Waals surface area contributed by atoms with Crippen LogP contribution in [0.2, 0.25) is 0 Å². The number of unbranched alkanes of at least 4 members (excludes halogenated alkanes) is 6. The molecule has 3 rings (SSSR count). The molecule has 0 atom stereocenters. The van der Waals surface area contributed by atoms with Crippen molar-refractivity contribution in [1.29, 1.82) is 0 Å². The lowest BCUT2D eigenvalue weighted by atomic mass is 10.1. The van der Waals surface area contributed by atoms with E-state index < -0.39 is 5.97 Å². The zero-order valence-electron chi connectivity index (χ0n) is 21.1. The van der Waals surface area contributed by atoms with Gasteiger partial charge in [0.1, 0.15) is 17.2 Å². The van der Waals surface area contributed by atoms with Crippen LogP contribution in [0.5, 0.6) is 17.2 Å². The Bertz CT molecular complexity index is 1040. The fourth-order valence-electron chi connectivity index (χ4n) is 3.80. The Labute approximate surface area is 214 Å². The van der Waals surface area contributed by atoms with Crippen LogP contribution in [0.15, 0.2) is 85.6 Å². The molecule has 0 fully saturated rings. The summed E-state index contributed by atoms with van der Waals surface area (Å²) in [5.74, 6) is 1.68. The summed E-state index contributed by atoms with van der Waals surface area (Å²) in [6.07, 6.45) is 9.69. The van der Waals surface area contributed by atoms with Gasteiger partial charge in [0.2, 0.25) is 0 Å². The third-order valence-corrected chi connectivity index (χ3v) is 5.87. The van der Waals surface area contributed by atoms with E-state index in [1.807, 2.05) is 48.5 Å². The monoisotopic (exact) mass is 488 g/mol.